The summed E-state index contributed by atoms with van der Waals surface area (Å²) in [6.45, 7) is 0. The number of aromatic carboxylic acids is 1. The van der Waals surface area contributed by atoms with Crippen LogP contribution in [-0.2, 0) is 5.75 Å². The van der Waals surface area contributed by atoms with Crippen LogP contribution in [0, 0.1) is 0 Å². The van der Waals surface area contributed by atoms with Crippen molar-refractivity contribution in [3.05, 3.63) is 34.7 Å². The lowest BCUT2D eigenvalue weighted by atomic mass is 10.1. The molecule has 2 nitrogen and oxygen atoms in total. The normalized spacial score (nSPS) is 10.6. The summed E-state index contributed by atoms with van der Waals surface area (Å²) in [5.41, 5.74) is 1.36. The van der Waals surface area contributed by atoms with Gasteiger partial charge in [0.15, 0.2) is 0 Å². The fraction of sp³-hybridized carbons (Fsp3) is 0.100. The lowest BCUT2D eigenvalue weighted by Gasteiger charge is -1.99. The van der Waals surface area contributed by atoms with E-state index in [1.54, 1.807) is 23.5 Å². The van der Waals surface area contributed by atoms with Crippen molar-refractivity contribution in [2.45, 2.75) is 5.75 Å². The largest absolute Gasteiger partial charge is 0.478 e. The van der Waals surface area contributed by atoms with E-state index in [9.17, 15) is 4.79 Å². The molecule has 0 amide bonds. The molecule has 72 valence electrons. The summed E-state index contributed by atoms with van der Waals surface area (Å²) in [6.07, 6.45) is 0. The molecule has 0 aliphatic rings. The summed E-state index contributed by atoms with van der Waals surface area (Å²) in [6, 6.07) is 5.33. The minimum Gasteiger partial charge on any atom is -0.478 e. The number of benzene rings is 1. The molecule has 0 radical (unpaired) electrons. The van der Waals surface area contributed by atoms with Crippen LogP contribution < -0.4 is 0 Å². The van der Waals surface area contributed by atoms with Gasteiger partial charge in [0.2, 0.25) is 0 Å². The highest BCUT2D eigenvalue weighted by molar-refractivity contribution is 7.79. The van der Waals surface area contributed by atoms with Gasteiger partial charge >= 0.3 is 5.97 Å². The smallest absolute Gasteiger partial charge is 0.336 e. The summed E-state index contributed by atoms with van der Waals surface area (Å²) >= 11 is 5.74. The Hall–Kier alpha value is -1.00. The topological polar surface area (TPSA) is 37.3 Å². The zero-order valence-electron chi connectivity index (χ0n) is 7.23. The maximum atomic E-state index is 11.0. The minimum absolute atomic E-state index is 0.368. The Morgan fingerprint density at radius 2 is 2.29 bits per heavy atom. The number of fused-ring (bicyclic) bond motifs is 1. The molecule has 0 atom stereocenters. The average Bonchev–Trinajstić information content (AvgIpc) is 2.59. The van der Waals surface area contributed by atoms with Gasteiger partial charge in [0, 0.05) is 15.8 Å². The summed E-state index contributed by atoms with van der Waals surface area (Å²) in [5.74, 6) is -0.304. The van der Waals surface area contributed by atoms with Crippen LogP contribution in [0.25, 0.3) is 10.1 Å². The first kappa shape index (κ1) is 9.55. The van der Waals surface area contributed by atoms with Gasteiger partial charge in [-0.1, -0.05) is 6.07 Å². The number of thiophene rings is 1. The third-order valence-corrected chi connectivity index (χ3v) is 3.41. The van der Waals surface area contributed by atoms with Crippen LogP contribution in [0.2, 0.25) is 0 Å². The van der Waals surface area contributed by atoms with Gasteiger partial charge in [-0.3, -0.25) is 0 Å². The lowest BCUT2D eigenvalue weighted by molar-refractivity contribution is 0.0699. The number of thiol groups is 1. The molecule has 2 rings (SSSR count). The molecule has 0 saturated heterocycles. The van der Waals surface area contributed by atoms with Crippen molar-refractivity contribution in [2.24, 2.45) is 0 Å². The van der Waals surface area contributed by atoms with Gasteiger partial charge in [0.05, 0.1) is 5.56 Å². The molecule has 0 spiro atoms. The first-order valence-corrected chi connectivity index (χ1v) is 5.58. The van der Waals surface area contributed by atoms with E-state index < -0.39 is 5.97 Å². The molecule has 0 bridgehead atoms. The second-order valence-electron chi connectivity index (χ2n) is 2.90. The van der Waals surface area contributed by atoms with E-state index in [0.29, 0.717) is 11.3 Å². The Kier molecular flexibility index (Phi) is 2.48. The standard InChI is InChI=1S/C10H8O2S2/c11-10(12)7-2-1-3-8-9(7)6(4-13)5-14-8/h1-3,5,13H,4H2,(H,11,12). The Labute approximate surface area is 90.6 Å². The fourth-order valence-corrected chi connectivity index (χ4v) is 2.81. The van der Waals surface area contributed by atoms with E-state index in [1.165, 1.54) is 0 Å². The van der Waals surface area contributed by atoms with Crippen LogP contribution in [0.1, 0.15) is 15.9 Å². The van der Waals surface area contributed by atoms with Crippen molar-refractivity contribution in [3.8, 4) is 0 Å². The molecule has 14 heavy (non-hydrogen) atoms. The highest BCUT2D eigenvalue weighted by Crippen LogP contribution is 2.29. The first-order valence-electron chi connectivity index (χ1n) is 4.07. The molecular formula is C10H8O2S2. The highest BCUT2D eigenvalue weighted by Gasteiger charge is 2.12. The molecule has 1 heterocycles. The van der Waals surface area contributed by atoms with Crippen LogP contribution in [0.5, 0.6) is 0 Å². The first-order chi connectivity index (χ1) is 6.74. The predicted octanol–water partition coefficient (Wildman–Crippen LogP) is 3.03. The molecule has 0 aliphatic heterocycles. The van der Waals surface area contributed by atoms with E-state index in [1.807, 2.05) is 11.4 Å². The van der Waals surface area contributed by atoms with Gasteiger partial charge in [-0.15, -0.1) is 11.3 Å². The van der Waals surface area contributed by atoms with Crippen molar-refractivity contribution in [3.63, 3.8) is 0 Å². The van der Waals surface area contributed by atoms with Crippen LogP contribution in [0.3, 0.4) is 0 Å². The number of carboxylic acids is 1. The van der Waals surface area contributed by atoms with E-state index in [2.05, 4.69) is 12.6 Å². The second-order valence-corrected chi connectivity index (χ2v) is 4.13. The van der Waals surface area contributed by atoms with Gasteiger partial charge in [-0.2, -0.15) is 12.6 Å². The van der Waals surface area contributed by atoms with Gasteiger partial charge < -0.3 is 5.11 Å². The zero-order chi connectivity index (χ0) is 10.1. The van der Waals surface area contributed by atoms with Gasteiger partial charge in [-0.25, -0.2) is 4.79 Å². The quantitative estimate of drug-likeness (QED) is 0.769. The van der Waals surface area contributed by atoms with Crippen molar-refractivity contribution in [1.82, 2.24) is 0 Å². The molecule has 1 N–H and O–H groups in total. The maximum absolute atomic E-state index is 11.0. The summed E-state index contributed by atoms with van der Waals surface area (Å²) in [7, 11) is 0. The molecule has 0 unspecified atom stereocenters. The molecule has 2 aromatic rings. The van der Waals surface area contributed by atoms with Crippen molar-refractivity contribution in [2.75, 3.05) is 0 Å². The van der Waals surface area contributed by atoms with Crippen molar-refractivity contribution >= 4 is 40.0 Å². The molecule has 1 aromatic heterocycles. The van der Waals surface area contributed by atoms with E-state index in [-0.39, 0.29) is 0 Å². The van der Waals surface area contributed by atoms with Gasteiger partial charge in [0.1, 0.15) is 0 Å². The fourth-order valence-electron chi connectivity index (χ4n) is 1.45. The molecule has 0 fully saturated rings. The highest BCUT2D eigenvalue weighted by atomic mass is 32.1. The molecular weight excluding hydrogens is 216 g/mol. The SMILES string of the molecule is O=C(O)c1cccc2scc(CS)c12. The second kappa shape index (κ2) is 3.63. The van der Waals surface area contributed by atoms with E-state index in [0.717, 1.165) is 15.6 Å². The lowest BCUT2D eigenvalue weighted by Crippen LogP contribution is -1.97. The number of carboxylic acid groups (broad SMARTS) is 1. The van der Waals surface area contributed by atoms with Crippen LogP contribution >= 0.6 is 24.0 Å². The Bertz CT molecular complexity index is 488. The van der Waals surface area contributed by atoms with Gasteiger partial charge in [0.25, 0.3) is 0 Å². The third-order valence-electron chi connectivity index (χ3n) is 2.08. The zero-order valence-corrected chi connectivity index (χ0v) is 8.94. The molecule has 0 aliphatic carbocycles. The van der Waals surface area contributed by atoms with Crippen molar-refractivity contribution in [1.29, 1.82) is 0 Å². The van der Waals surface area contributed by atoms with Gasteiger partial charge in [-0.05, 0) is 23.1 Å². The predicted molar refractivity (Wildman–Crippen MR) is 61.5 cm³/mol. The van der Waals surface area contributed by atoms with Crippen molar-refractivity contribution < 1.29 is 9.90 Å². The molecule has 4 heteroatoms. The van der Waals surface area contributed by atoms with E-state index >= 15 is 0 Å². The number of rotatable bonds is 2. The number of hydrogen-bond donors (Lipinski definition) is 2. The Morgan fingerprint density at radius 3 is 2.93 bits per heavy atom. The van der Waals surface area contributed by atoms with E-state index in [4.69, 9.17) is 5.11 Å². The Morgan fingerprint density at radius 1 is 1.50 bits per heavy atom. The minimum atomic E-state index is -0.878. The third kappa shape index (κ3) is 1.40. The van der Waals surface area contributed by atoms with Crippen LogP contribution in [0.15, 0.2) is 23.6 Å². The number of carbonyl (C=O) groups is 1. The maximum Gasteiger partial charge on any atom is 0.336 e. The monoisotopic (exact) mass is 224 g/mol. The summed E-state index contributed by atoms with van der Waals surface area (Å²) in [5, 5.41) is 11.8. The Balaban J connectivity index is 2.81. The molecule has 1 aromatic carbocycles. The summed E-state index contributed by atoms with van der Waals surface area (Å²) in [4.78, 5) is 11.0. The average molecular weight is 224 g/mol. The van der Waals surface area contributed by atoms with Crippen LogP contribution in [-0.4, -0.2) is 11.1 Å². The number of hydrogen-bond acceptors (Lipinski definition) is 3. The summed E-state index contributed by atoms with van der Waals surface area (Å²) < 4.78 is 1.01. The van der Waals surface area contributed by atoms with Crippen LogP contribution in [0.4, 0.5) is 0 Å². The molecule has 0 saturated carbocycles.